The first-order chi connectivity index (χ1) is 9.04. The standard InChI is InChI=1S/C14H17NO4/c1-9-5-6-10(12(8-9)19-2)13(16)15-7-3-4-11(15)14(17)18/h5-6,8,11H,3-4,7H2,1-2H3,(H,17,18)/t11-/m0/s1. The smallest absolute Gasteiger partial charge is 0.326 e. The molecular weight excluding hydrogens is 246 g/mol. The Morgan fingerprint density at radius 2 is 2.16 bits per heavy atom. The fourth-order valence-corrected chi connectivity index (χ4v) is 2.40. The molecular formula is C14H17NO4. The molecule has 1 N–H and O–H groups in total. The Morgan fingerprint density at radius 1 is 1.42 bits per heavy atom. The number of benzene rings is 1. The highest BCUT2D eigenvalue weighted by Crippen LogP contribution is 2.26. The molecule has 1 aliphatic heterocycles. The third-order valence-electron chi connectivity index (χ3n) is 3.39. The summed E-state index contributed by atoms with van der Waals surface area (Å²) in [5.41, 5.74) is 1.41. The van der Waals surface area contributed by atoms with Crippen LogP contribution < -0.4 is 4.74 Å². The van der Waals surface area contributed by atoms with Gasteiger partial charge < -0.3 is 14.7 Å². The lowest BCUT2D eigenvalue weighted by Crippen LogP contribution is -2.40. The van der Waals surface area contributed by atoms with Crippen LogP contribution in [0.15, 0.2) is 18.2 Å². The normalized spacial score (nSPS) is 18.4. The van der Waals surface area contributed by atoms with Gasteiger partial charge in [0, 0.05) is 6.54 Å². The monoisotopic (exact) mass is 263 g/mol. The molecule has 0 radical (unpaired) electrons. The molecule has 0 spiro atoms. The first kappa shape index (κ1) is 13.4. The van der Waals surface area contributed by atoms with Gasteiger partial charge in [-0.3, -0.25) is 4.79 Å². The third-order valence-corrected chi connectivity index (χ3v) is 3.39. The highest BCUT2D eigenvalue weighted by atomic mass is 16.5. The number of carbonyl (C=O) groups is 2. The molecule has 102 valence electrons. The van der Waals surface area contributed by atoms with E-state index in [9.17, 15) is 9.59 Å². The van der Waals surface area contributed by atoms with Crippen LogP contribution >= 0.6 is 0 Å². The summed E-state index contributed by atoms with van der Waals surface area (Å²) in [6, 6.07) is 4.56. The van der Waals surface area contributed by atoms with Gasteiger partial charge in [0.2, 0.25) is 0 Å². The van der Waals surface area contributed by atoms with Crippen LogP contribution in [0.4, 0.5) is 0 Å². The van der Waals surface area contributed by atoms with Crippen molar-refractivity contribution in [2.75, 3.05) is 13.7 Å². The van der Waals surface area contributed by atoms with Gasteiger partial charge in [0.1, 0.15) is 11.8 Å². The Balaban J connectivity index is 2.31. The number of likely N-dealkylation sites (tertiary alicyclic amines) is 1. The molecule has 0 aromatic heterocycles. The van der Waals surface area contributed by atoms with E-state index in [1.54, 1.807) is 12.1 Å². The fourth-order valence-electron chi connectivity index (χ4n) is 2.40. The van der Waals surface area contributed by atoms with E-state index >= 15 is 0 Å². The Bertz CT molecular complexity index is 512. The number of carbonyl (C=O) groups excluding carboxylic acids is 1. The van der Waals surface area contributed by atoms with Crippen molar-refractivity contribution in [1.82, 2.24) is 4.90 Å². The molecule has 0 bridgehead atoms. The van der Waals surface area contributed by atoms with E-state index in [-0.39, 0.29) is 5.91 Å². The summed E-state index contributed by atoms with van der Waals surface area (Å²) >= 11 is 0. The van der Waals surface area contributed by atoms with Crippen LogP contribution in [0.3, 0.4) is 0 Å². The van der Waals surface area contributed by atoms with Crippen LogP contribution in [0, 0.1) is 6.92 Å². The maximum Gasteiger partial charge on any atom is 0.326 e. The van der Waals surface area contributed by atoms with Crippen LogP contribution in [-0.2, 0) is 4.79 Å². The van der Waals surface area contributed by atoms with Crippen LogP contribution in [0.5, 0.6) is 5.75 Å². The maximum absolute atomic E-state index is 12.4. The predicted molar refractivity (Wildman–Crippen MR) is 69.4 cm³/mol. The molecule has 0 unspecified atom stereocenters. The Morgan fingerprint density at radius 3 is 2.79 bits per heavy atom. The number of amides is 1. The number of hydrogen-bond acceptors (Lipinski definition) is 3. The average Bonchev–Trinajstić information content (AvgIpc) is 2.87. The van der Waals surface area contributed by atoms with Crippen LogP contribution in [-0.4, -0.2) is 41.6 Å². The molecule has 1 aliphatic rings. The zero-order chi connectivity index (χ0) is 14.0. The number of aliphatic carboxylic acids is 1. The topological polar surface area (TPSA) is 66.8 Å². The second kappa shape index (κ2) is 5.30. The van der Waals surface area contributed by atoms with Crippen molar-refractivity contribution >= 4 is 11.9 Å². The summed E-state index contributed by atoms with van der Waals surface area (Å²) < 4.78 is 5.21. The molecule has 1 saturated heterocycles. The second-order valence-electron chi connectivity index (χ2n) is 4.70. The van der Waals surface area contributed by atoms with Gasteiger partial charge >= 0.3 is 5.97 Å². The zero-order valence-corrected chi connectivity index (χ0v) is 11.0. The van der Waals surface area contributed by atoms with Gasteiger partial charge in [-0.15, -0.1) is 0 Å². The largest absolute Gasteiger partial charge is 0.496 e. The predicted octanol–water partition coefficient (Wildman–Crippen LogP) is 1.69. The second-order valence-corrected chi connectivity index (χ2v) is 4.70. The third kappa shape index (κ3) is 2.54. The number of ether oxygens (including phenoxy) is 1. The minimum Gasteiger partial charge on any atom is -0.496 e. The van der Waals surface area contributed by atoms with Gasteiger partial charge in [-0.1, -0.05) is 6.07 Å². The number of hydrogen-bond donors (Lipinski definition) is 1. The van der Waals surface area contributed by atoms with Gasteiger partial charge in [0.05, 0.1) is 12.7 Å². The van der Waals surface area contributed by atoms with E-state index in [4.69, 9.17) is 9.84 Å². The Kier molecular flexibility index (Phi) is 3.74. The van der Waals surface area contributed by atoms with Gasteiger partial charge in [0.15, 0.2) is 0 Å². The molecule has 1 fully saturated rings. The number of nitrogens with zero attached hydrogens (tertiary/aromatic N) is 1. The lowest BCUT2D eigenvalue weighted by atomic mass is 10.1. The summed E-state index contributed by atoms with van der Waals surface area (Å²) in [4.78, 5) is 25.0. The molecule has 19 heavy (non-hydrogen) atoms. The molecule has 5 heteroatoms. The lowest BCUT2D eigenvalue weighted by molar-refractivity contribution is -0.141. The van der Waals surface area contributed by atoms with Crippen LogP contribution in [0.2, 0.25) is 0 Å². The maximum atomic E-state index is 12.4. The van der Waals surface area contributed by atoms with E-state index in [1.165, 1.54) is 12.0 Å². The SMILES string of the molecule is COc1cc(C)ccc1C(=O)N1CCC[C@H]1C(=O)O. The van der Waals surface area contributed by atoms with Gasteiger partial charge in [-0.25, -0.2) is 4.79 Å². The van der Waals surface area contributed by atoms with Crippen molar-refractivity contribution < 1.29 is 19.4 Å². The van der Waals surface area contributed by atoms with E-state index in [2.05, 4.69) is 0 Å². The number of carboxylic acids is 1. The van der Waals surface area contributed by atoms with E-state index in [0.717, 1.165) is 12.0 Å². The van der Waals surface area contributed by atoms with Crippen molar-refractivity contribution in [2.24, 2.45) is 0 Å². The first-order valence-corrected chi connectivity index (χ1v) is 6.23. The number of carboxylic acid groups (broad SMARTS) is 1. The van der Waals surface area contributed by atoms with Crippen molar-refractivity contribution in [1.29, 1.82) is 0 Å². The molecule has 0 saturated carbocycles. The average molecular weight is 263 g/mol. The number of aryl methyl sites for hydroxylation is 1. The molecule has 1 aromatic carbocycles. The summed E-state index contributed by atoms with van der Waals surface area (Å²) in [7, 11) is 1.50. The first-order valence-electron chi connectivity index (χ1n) is 6.23. The van der Waals surface area contributed by atoms with Crippen molar-refractivity contribution in [3.63, 3.8) is 0 Å². The summed E-state index contributed by atoms with van der Waals surface area (Å²) in [6.45, 7) is 2.39. The molecule has 2 rings (SSSR count). The number of rotatable bonds is 3. The zero-order valence-electron chi connectivity index (χ0n) is 11.0. The van der Waals surface area contributed by atoms with E-state index in [0.29, 0.717) is 24.3 Å². The Labute approximate surface area is 111 Å². The molecule has 0 aliphatic carbocycles. The van der Waals surface area contributed by atoms with Crippen molar-refractivity contribution in [3.8, 4) is 5.75 Å². The van der Waals surface area contributed by atoms with Crippen molar-refractivity contribution in [3.05, 3.63) is 29.3 Å². The van der Waals surface area contributed by atoms with Crippen LogP contribution in [0.25, 0.3) is 0 Å². The number of methoxy groups -OCH3 is 1. The minimum absolute atomic E-state index is 0.276. The van der Waals surface area contributed by atoms with E-state index < -0.39 is 12.0 Å². The fraction of sp³-hybridized carbons (Fsp3) is 0.429. The summed E-state index contributed by atoms with van der Waals surface area (Å²) in [5, 5.41) is 9.12. The molecule has 1 amide bonds. The molecule has 1 aromatic rings. The Hall–Kier alpha value is -2.04. The van der Waals surface area contributed by atoms with Crippen molar-refractivity contribution in [2.45, 2.75) is 25.8 Å². The molecule has 1 heterocycles. The quantitative estimate of drug-likeness (QED) is 0.901. The summed E-state index contributed by atoms with van der Waals surface area (Å²) in [5.74, 6) is -0.736. The van der Waals surface area contributed by atoms with Gasteiger partial charge in [0.25, 0.3) is 5.91 Å². The van der Waals surface area contributed by atoms with Crippen LogP contribution in [0.1, 0.15) is 28.8 Å². The van der Waals surface area contributed by atoms with Gasteiger partial charge in [-0.05, 0) is 37.5 Å². The van der Waals surface area contributed by atoms with E-state index in [1.807, 2.05) is 13.0 Å². The molecule has 1 atom stereocenters. The lowest BCUT2D eigenvalue weighted by Gasteiger charge is -2.22. The minimum atomic E-state index is -0.947. The highest BCUT2D eigenvalue weighted by Gasteiger charge is 2.35. The summed E-state index contributed by atoms with van der Waals surface area (Å²) in [6.07, 6.45) is 1.23. The molecule has 5 nitrogen and oxygen atoms in total. The van der Waals surface area contributed by atoms with Gasteiger partial charge in [-0.2, -0.15) is 0 Å². The highest BCUT2D eigenvalue weighted by molar-refractivity contribution is 5.99.